The fraction of sp³-hybridized carbons (Fsp3) is 0.143. The van der Waals surface area contributed by atoms with Crippen molar-refractivity contribution in [2.24, 2.45) is 5.73 Å². The van der Waals surface area contributed by atoms with Crippen LogP contribution in [0, 0.1) is 0 Å². The van der Waals surface area contributed by atoms with Gasteiger partial charge in [0, 0.05) is 19.3 Å². The Balaban J connectivity index is 3.29. The number of amides is 1. The van der Waals surface area contributed by atoms with Crippen LogP contribution >= 0.6 is 0 Å². The molecule has 12 heavy (non-hydrogen) atoms. The quantitative estimate of drug-likeness (QED) is 0.555. The molecule has 0 aliphatic rings. The van der Waals surface area contributed by atoms with Crippen LogP contribution in [0.3, 0.4) is 0 Å². The molecule has 0 unspecified atom stereocenters. The molecule has 0 fully saturated rings. The van der Waals surface area contributed by atoms with Crippen LogP contribution in [0.1, 0.15) is 10.4 Å². The van der Waals surface area contributed by atoms with Gasteiger partial charge in [-0.25, -0.2) is 0 Å². The number of hydrogen-bond acceptors (Lipinski definition) is 3. The molecule has 0 aromatic carbocycles. The summed E-state index contributed by atoms with van der Waals surface area (Å²) in [6.45, 7) is 0. The summed E-state index contributed by atoms with van der Waals surface area (Å²) < 4.78 is 0. The standard InChI is InChI=1S/C7H9N3O2/c1-9-5-2-6(11)10-3-4(5)7(8)12/h2-3H,1H3,(H2,8,12)(H2,9,10,11). The summed E-state index contributed by atoms with van der Waals surface area (Å²) in [4.78, 5) is 23.9. The first-order chi connectivity index (χ1) is 5.65. The van der Waals surface area contributed by atoms with E-state index < -0.39 is 5.91 Å². The Morgan fingerprint density at radius 3 is 2.83 bits per heavy atom. The van der Waals surface area contributed by atoms with Gasteiger partial charge >= 0.3 is 0 Å². The lowest BCUT2D eigenvalue weighted by molar-refractivity contribution is 0.100. The molecular weight excluding hydrogens is 158 g/mol. The van der Waals surface area contributed by atoms with Crippen molar-refractivity contribution in [2.45, 2.75) is 0 Å². The van der Waals surface area contributed by atoms with Gasteiger partial charge in [-0.2, -0.15) is 0 Å². The van der Waals surface area contributed by atoms with Crippen LogP contribution < -0.4 is 16.6 Å². The van der Waals surface area contributed by atoms with Gasteiger partial charge in [0.15, 0.2) is 0 Å². The number of H-pyrrole nitrogens is 1. The minimum absolute atomic E-state index is 0.274. The normalized spacial score (nSPS) is 9.42. The summed E-state index contributed by atoms with van der Waals surface area (Å²) in [6.07, 6.45) is 1.29. The van der Waals surface area contributed by atoms with Crippen LogP contribution in [0.5, 0.6) is 0 Å². The minimum Gasteiger partial charge on any atom is -0.387 e. The molecule has 0 aliphatic heterocycles. The number of nitrogens with two attached hydrogens (primary N) is 1. The smallest absolute Gasteiger partial charge is 0.252 e. The molecule has 0 saturated heterocycles. The van der Waals surface area contributed by atoms with Crippen molar-refractivity contribution < 1.29 is 4.79 Å². The Morgan fingerprint density at radius 1 is 1.67 bits per heavy atom. The first-order valence-electron chi connectivity index (χ1n) is 3.35. The van der Waals surface area contributed by atoms with Crippen molar-refractivity contribution >= 4 is 11.6 Å². The Kier molecular flexibility index (Phi) is 2.14. The number of aromatic amines is 1. The highest BCUT2D eigenvalue weighted by atomic mass is 16.1. The van der Waals surface area contributed by atoms with Gasteiger partial charge in [-0.1, -0.05) is 0 Å². The number of hydrogen-bond donors (Lipinski definition) is 3. The van der Waals surface area contributed by atoms with Gasteiger partial charge in [-0.15, -0.1) is 0 Å². The van der Waals surface area contributed by atoms with Crippen LogP contribution in [-0.4, -0.2) is 17.9 Å². The van der Waals surface area contributed by atoms with Crippen molar-refractivity contribution in [2.75, 3.05) is 12.4 Å². The summed E-state index contributed by atoms with van der Waals surface area (Å²) in [7, 11) is 1.61. The topological polar surface area (TPSA) is 88.0 Å². The van der Waals surface area contributed by atoms with Crippen molar-refractivity contribution in [1.29, 1.82) is 0 Å². The summed E-state index contributed by atoms with van der Waals surface area (Å²) in [6, 6.07) is 1.28. The highest BCUT2D eigenvalue weighted by Crippen LogP contribution is 2.08. The van der Waals surface area contributed by atoms with Crippen LogP contribution in [0.4, 0.5) is 5.69 Å². The molecule has 0 atom stereocenters. The van der Waals surface area contributed by atoms with Crippen molar-refractivity contribution in [3.8, 4) is 0 Å². The second kappa shape index (κ2) is 3.08. The molecule has 1 amide bonds. The lowest BCUT2D eigenvalue weighted by Gasteiger charge is -2.03. The van der Waals surface area contributed by atoms with E-state index in [-0.39, 0.29) is 11.1 Å². The SMILES string of the molecule is CNc1cc(=O)[nH]cc1C(N)=O. The highest BCUT2D eigenvalue weighted by Gasteiger charge is 2.06. The predicted molar refractivity (Wildman–Crippen MR) is 45.1 cm³/mol. The first kappa shape index (κ1) is 8.32. The minimum atomic E-state index is -0.574. The van der Waals surface area contributed by atoms with E-state index in [0.29, 0.717) is 5.69 Å². The molecule has 1 heterocycles. The Morgan fingerprint density at radius 2 is 2.33 bits per heavy atom. The maximum atomic E-state index is 10.8. The second-order valence-corrected chi connectivity index (χ2v) is 2.24. The molecule has 0 spiro atoms. The van der Waals surface area contributed by atoms with Gasteiger partial charge in [0.25, 0.3) is 5.91 Å². The van der Waals surface area contributed by atoms with E-state index in [0.717, 1.165) is 0 Å². The molecule has 64 valence electrons. The van der Waals surface area contributed by atoms with E-state index in [4.69, 9.17) is 5.73 Å². The third-order valence-corrected chi connectivity index (χ3v) is 1.46. The van der Waals surface area contributed by atoms with E-state index >= 15 is 0 Å². The predicted octanol–water partition coefficient (Wildman–Crippen LogP) is -0.485. The van der Waals surface area contributed by atoms with E-state index in [2.05, 4.69) is 10.3 Å². The summed E-state index contributed by atoms with van der Waals surface area (Å²) in [5, 5.41) is 2.70. The summed E-state index contributed by atoms with van der Waals surface area (Å²) >= 11 is 0. The third-order valence-electron chi connectivity index (χ3n) is 1.46. The number of nitrogens with one attached hydrogen (secondary N) is 2. The molecule has 1 aromatic rings. The van der Waals surface area contributed by atoms with Gasteiger partial charge in [0.05, 0.1) is 11.3 Å². The molecule has 0 aliphatic carbocycles. The monoisotopic (exact) mass is 167 g/mol. The van der Waals surface area contributed by atoms with Crippen molar-refractivity contribution in [3.05, 3.63) is 28.2 Å². The van der Waals surface area contributed by atoms with Crippen LogP contribution in [0.25, 0.3) is 0 Å². The van der Waals surface area contributed by atoms with E-state index in [9.17, 15) is 9.59 Å². The van der Waals surface area contributed by atoms with E-state index in [1.54, 1.807) is 7.05 Å². The van der Waals surface area contributed by atoms with Gasteiger partial charge in [-0.05, 0) is 0 Å². The first-order valence-corrected chi connectivity index (χ1v) is 3.35. The fourth-order valence-corrected chi connectivity index (χ4v) is 0.882. The van der Waals surface area contributed by atoms with Gasteiger partial charge in [-0.3, -0.25) is 9.59 Å². The van der Waals surface area contributed by atoms with Gasteiger partial charge < -0.3 is 16.0 Å². The molecule has 5 nitrogen and oxygen atoms in total. The Hall–Kier alpha value is -1.78. The van der Waals surface area contributed by atoms with Crippen LogP contribution in [0.15, 0.2) is 17.1 Å². The zero-order chi connectivity index (χ0) is 9.14. The molecule has 1 aromatic heterocycles. The van der Waals surface area contributed by atoms with Gasteiger partial charge in [0.2, 0.25) is 5.56 Å². The fourth-order valence-electron chi connectivity index (χ4n) is 0.882. The lowest BCUT2D eigenvalue weighted by Crippen LogP contribution is -2.17. The van der Waals surface area contributed by atoms with Crippen molar-refractivity contribution in [1.82, 2.24) is 4.98 Å². The number of anilines is 1. The maximum absolute atomic E-state index is 10.8. The third kappa shape index (κ3) is 1.45. The number of pyridine rings is 1. The Bertz CT molecular complexity index is 356. The lowest BCUT2D eigenvalue weighted by atomic mass is 10.2. The number of carbonyl (C=O) groups excluding carboxylic acids is 1. The van der Waals surface area contributed by atoms with E-state index in [1.165, 1.54) is 12.3 Å². The molecule has 0 radical (unpaired) electrons. The molecule has 5 heteroatoms. The molecule has 1 rings (SSSR count). The van der Waals surface area contributed by atoms with Gasteiger partial charge in [0.1, 0.15) is 0 Å². The molecular formula is C7H9N3O2. The van der Waals surface area contributed by atoms with Crippen LogP contribution in [0.2, 0.25) is 0 Å². The number of aromatic nitrogens is 1. The Labute approximate surface area is 68.6 Å². The molecule has 0 saturated carbocycles. The summed E-state index contributed by atoms with van der Waals surface area (Å²) in [5.41, 5.74) is 5.48. The maximum Gasteiger partial charge on any atom is 0.252 e. The zero-order valence-corrected chi connectivity index (χ0v) is 6.55. The molecule has 0 bridgehead atoms. The highest BCUT2D eigenvalue weighted by molar-refractivity contribution is 5.97. The second-order valence-electron chi connectivity index (χ2n) is 2.24. The number of carbonyl (C=O) groups is 1. The zero-order valence-electron chi connectivity index (χ0n) is 6.55. The average molecular weight is 167 g/mol. The van der Waals surface area contributed by atoms with Crippen LogP contribution in [-0.2, 0) is 0 Å². The molecule has 4 N–H and O–H groups in total. The number of rotatable bonds is 2. The number of primary amides is 1. The van der Waals surface area contributed by atoms with Crippen molar-refractivity contribution in [3.63, 3.8) is 0 Å². The summed E-state index contributed by atoms with van der Waals surface area (Å²) in [5.74, 6) is -0.574. The largest absolute Gasteiger partial charge is 0.387 e. The average Bonchev–Trinajstić information content (AvgIpc) is 2.03. The van der Waals surface area contributed by atoms with E-state index in [1.807, 2.05) is 0 Å².